The first kappa shape index (κ1) is 19.7. The third-order valence-corrected chi connectivity index (χ3v) is 4.74. The van der Waals surface area contributed by atoms with Crippen molar-refractivity contribution in [3.8, 4) is 11.5 Å². The van der Waals surface area contributed by atoms with Gasteiger partial charge in [0.05, 0.1) is 26.1 Å². The van der Waals surface area contributed by atoms with E-state index in [-0.39, 0.29) is 29.5 Å². The predicted octanol–water partition coefficient (Wildman–Crippen LogP) is 2.78. The number of hydrogen-bond donors (Lipinski definition) is 2. The van der Waals surface area contributed by atoms with Crippen LogP contribution < -0.4 is 20.1 Å². The topological polar surface area (TPSA) is 76.7 Å². The largest absolute Gasteiger partial charge is 0.493 e. The van der Waals surface area contributed by atoms with Crippen LogP contribution in [0.2, 0.25) is 0 Å². The minimum atomic E-state index is -0.334. The molecule has 2 aromatic carbocycles. The van der Waals surface area contributed by atoms with E-state index in [0.717, 1.165) is 5.56 Å². The molecule has 7 heteroatoms. The Morgan fingerprint density at radius 2 is 1.68 bits per heavy atom. The summed E-state index contributed by atoms with van der Waals surface area (Å²) in [5.41, 5.74) is 1.53. The SMILES string of the molecule is COc1ccc(NC(=O)C2CC2C(=O)NCCc2ccc(F)cc2)cc1OC. The standard InChI is InChI=1S/C21H23FN2O4/c1-27-18-8-7-15(11-19(18)28-2)24-21(26)17-12-16(17)20(25)23-10-9-13-3-5-14(22)6-4-13/h3-8,11,16-17H,9-10,12H2,1-2H3,(H,23,25)(H,24,26). The number of halogens is 1. The van der Waals surface area contributed by atoms with Crippen LogP contribution in [0.25, 0.3) is 0 Å². The number of nitrogens with one attached hydrogen (secondary N) is 2. The number of amides is 2. The van der Waals surface area contributed by atoms with Crippen molar-refractivity contribution < 1.29 is 23.5 Å². The van der Waals surface area contributed by atoms with Crippen LogP contribution in [-0.4, -0.2) is 32.6 Å². The third kappa shape index (κ3) is 4.79. The van der Waals surface area contributed by atoms with Gasteiger partial charge in [-0.05, 0) is 42.7 Å². The van der Waals surface area contributed by atoms with Crippen LogP contribution in [0.4, 0.5) is 10.1 Å². The second kappa shape index (κ2) is 8.73. The van der Waals surface area contributed by atoms with E-state index in [1.54, 1.807) is 37.4 Å². The molecule has 1 aliphatic rings. The lowest BCUT2D eigenvalue weighted by Crippen LogP contribution is -2.29. The van der Waals surface area contributed by atoms with Crippen molar-refractivity contribution in [3.05, 3.63) is 53.8 Å². The molecule has 1 fully saturated rings. The first-order valence-corrected chi connectivity index (χ1v) is 9.07. The molecule has 2 aromatic rings. The second-order valence-corrected chi connectivity index (χ2v) is 6.68. The number of carbonyl (C=O) groups is 2. The monoisotopic (exact) mass is 386 g/mol. The van der Waals surface area contributed by atoms with E-state index in [2.05, 4.69) is 10.6 Å². The van der Waals surface area contributed by atoms with E-state index in [4.69, 9.17) is 9.47 Å². The lowest BCUT2D eigenvalue weighted by Gasteiger charge is -2.10. The molecule has 0 saturated heterocycles. The van der Waals surface area contributed by atoms with Crippen molar-refractivity contribution in [1.82, 2.24) is 5.32 Å². The van der Waals surface area contributed by atoms with Crippen LogP contribution in [0.15, 0.2) is 42.5 Å². The number of carbonyl (C=O) groups excluding carboxylic acids is 2. The zero-order chi connectivity index (χ0) is 20.1. The molecule has 0 aromatic heterocycles. The number of benzene rings is 2. The van der Waals surface area contributed by atoms with Gasteiger partial charge in [0, 0.05) is 18.3 Å². The fourth-order valence-corrected chi connectivity index (χ4v) is 3.04. The molecular weight excluding hydrogens is 363 g/mol. The second-order valence-electron chi connectivity index (χ2n) is 6.68. The first-order valence-electron chi connectivity index (χ1n) is 9.07. The highest BCUT2D eigenvalue weighted by Gasteiger charge is 2.47. The average molecular weight is 386 g/mol. The summed E-state index contributed by atoms with van der Waals surface area (Å²) < 4.78 is 23.3. The fraction of sp³-hybridized carbons (Fsp3) is 0.333. The minimum absolute atomic E-state index is 0.130. The Morgan fingerprint density at radius 3 is 2.36 bits per heavy atom. The van der Waals surface area contributed by atoms with E-state index in [0.29, 0.717) is 36.6 Å². The molecule has 0 radical (unpaired) electrons. The molecule has 3 rings (SSSR count). The summed E-state index contributed by atoms with van der Waals surface area (Å²) in [4.78, 5) is 24.6. The molecule has 28 heavy (non-hydrogen) atoms. The molecule has 0 aliphatic heterocycles. The van der Waals surface area contributed by atoms with E-state index < -0.39 is 0 Å². The lowest BCUT2D eigenvalue weighted by atomic mass is 10.1. The van der Waals surface area contributed by atoms with Crippen LogP contribution >= 0.6 is 0 Å². The quantitative estimate of drug-likeness (QED) is 0.732. The Kier molecular flexibility index (Phi) is 6.13. The Labute approximate surface area is 163 Å². The van der Waals surface area contributed by atoms with Crippen molar-refractivity contribution in [1.29, 1.82) is 0 Å². The molecular formula is C21H23FN2O4. The molecule has 1 saturated carbocycles. The fourth-order valence-electron chi connectivity index (χ4n) is 3.04. The van der Waals surface area contributed by atoms with Gasteiger partial charge in [0.2, 0.25) is 11.8 Å². The zero-order valence-electron chi connectivity index (χ0n) is 15.8. The molecule has 0 spiro atoms. The number of hydrogen-bond acceptors (Lipinski definition) is 4. The maximum atomic E-state index is 12.9. The van der Waals surface area contributed by atoms with Crippen LogP contribution in [0.3, 0.4) is 0 Å². The van der Waals surface area contributed by atoms with Crippen molar-refractivity contribution in [3.63, 3.8) is 0 Å². The van der Waals surface area contributed by atoms with Gasteiger partial charge in [-0.3, -0.25) is 9.59 Å². The van der Waals surface area contributed by atoms with Gasteiger partial charge in [-0.25, -0.2) is 4.39 Å². The highest BCUT2D eigenvalue weighted by atomic mass is 19.1. The number of rotatable bonds is 8. The van der Waals surface area contributed by atoms with Gasteiger partial charge in [0.1, 0.15) is 5.82 Å². The molecule has 2 unspecified atom stereocenters. The van der Waals surface area contributed by atoms with Gasteiger partial charge in [-0.1, -0.05) is 12.1 Å². The Hall–Kier alpha value is -3.09. The van der Waals surface area contributed by atoms with E-state index >= 15 is 0 Å². The molecule has 148 valence electrons. The van der Waals surface area contributed by atoms with Crippen molar-refractivity contribution in [2.24, 2.45) is 11.8 Å². The predicted molar refractivity (Wildman–Crippen MR) is 103 cm³/mol. The summed E-state index contributed by atoms with van der Waals surface area (Å²) in [7, 11) is 3.07. The van der Waals surface area contributed by atoms with Crippen LogP contribution in [0, 0.1) is 17.7 Å². The van der Waals surface area contributed by atoms with Gasteiger partial charge in [0.15, 0.2) is 11.5 Å². The summed E-state index contributed by atoms with van der Waals surface area (Å²) >= 11 is 0. The molecule has 2 amide bonds. The summed E-state index contributed by atoms with van der Waals surface area (Å²) in [5, 5.41) is 5.65. The maximum absolute atomic E-state index is 12.9. The number of anilines is 1. The normalized spacial score (nSPS) is 17.5. The summed E-state index contributed by atoms with van der Waals surface area (Å²) in [5.74, 6) is -0.154. The van der Waals surface area contributed by atoms with Crippen LogP contribution in [0.5, 0.6) is 11.5 Å². The molecule has 2 atom stereocenters. The highest BCUT2D eigenvalue weighted by Crippen LogP contribution is 2.40. The van der Waals surface area contributed by atoms with Gasteiger partial charge in [-0.2, -0.15) is 0 Å². The molecule has 0 heterocycles. The Bertz CT molecular complexity index is 854. The van der Waals surface area contributed by atoms with E-state index in [1.807, 2.05) is 0 Å². The zero-order valence-corrected chi connectivity index (χ0v) is 15.8. The highest BCUT2D eigenvalue weighted by molar-refractivity contribution is 5.99. The maximum Gasteiger partial charge on any atom is 0.228 e. The molecule has 1 aliphatic carbocycles. The van der Waals surface area contributed by atoms with Gasteiger partial charge in [0.25, 0.3) is 0 Å². The number of methoxy groups -OCH3 is 2. The van der Waals surface area contributed by atoms with Crippen LogP contribution in [-0.2, 0) is 16.0 Å². The Balaban J connectivity index is 1.45. The Morgan fingerprint density at radius 1 is 1.00 bits per heavy atom. The summed E-state index contributed by atoms with van der Waals surface area (Å²) in [6.45, 7) is 0.449. The third-order valence-electron chi connectivity index (χ3n) is 4.74. The van der Waals surface area contributed by atoms with Gasteiger partial charge in [-0.15, -0.1) is 0 Å². The average Bonchev–Trinajstić information content (AvgIpc) is 3.50. The minimum Gasteiger partial charge on any atom is -0.493 e. The van der Waals surface area contributed by atoms with Gasteiger partial charge < -0.3 is 20.1 Å². The van der Waals surface area contributed by atoms with Gasteiger partial charge >= 0.3 is 0 Å². The molecule has 0 bridgehead atoms. The molecule has 6 nitrogen and oxygen atoms in total. The smallest absolute Gasteiger partial charge is 0.228 e. The van der Waals surface area contributed by atoms with Crippen molar-refractivity contribution >= 4 is 17.5 Å². The van der Waals surface area contributed by atoms with E-state index in [1.165, 1.54) is 19.2 Å². The summed E-state index contributed by atoms with van der Waals surface area (Å²) in [6, 6.07) is 11.3. The lowest BCUT2D eigenvalue weighted by molar-refractivity contribution is -0.125. The summed E-state index contributed by atoms with van der Waals surface area (Å²) in [6.07, 6.45) is 1.14. The van der Waals surface area contributed by atoms with Crippen molar-refractivity contribution in [2.45, 2.75) is 12.8 Å². The first-order chi connectivity index (χ1) is 13.5. The number of ether oxygens (including phenoxy) is 2. The van der Waals surface area contributed by atoms with E-state index in [9.17, 15) is 14.0 Å². The van der Waals surface area contributed by atoms with Crippen molar-refractivity contribution in [2.75, 3.05) is 26.1 Å². The molecule has 2 N–H and O–H groups in total. The van der Waals surface area contributed by atoms with Crippen LogP contribution in [0.1, 0.15) is 12.0 Å².